The number of hydrogen-bond acceptors (Lipinski definition) is 3. The Morgan fingerprint density at radius 3 is 2.91 bits per heavy atom. The molecule has 0 bridgehead atoms. The van der Waals surface area contributed by atoms with Crippen LogP contribution in [0.2, 0.25) is 0 Å². The number of rotatable bonds is 4. The minimum atomic E-state index is -0.482. The Labute approximate surface area is 125 Å². The zero-order chi connectivity index (χ0) is 15.5. The second-order valence-electron chi connectivity index (χ2n) is 4.83. The fourth-order valence-electron chi connectivity index (χ4n) is 2.23. The lowest BCUT2D eigenvalue weighted by Gasteiger charge is -2.10. The summed E-state index contributed by atoms with van der Waals surface area (Å²) in [6, 6.07) is 8.75. The molecule has 1 amide bonds. The molecule has 0 aliphatic heterocycles. The average Bonchev–Trinajstić information content (AvgIpc) is 3.02. The lowest BCUT2D eigenvalue weighted by Crippen LogP contribution is -2.27. The summed E-state index contributed by atoms with van der Waals surface area (Å²) in [5, 5.41) is 2.97. The first-order valence-corrected chi connectivity index (χ1v) is 6.71. The van der Waals surface area contributed by atoms with Gasteiger partial charge in [0.25, 0.3) is 0 Å². The molecule has 3 aromatic rings. The second kappa shape index (κ2) is 5.85. The summed E-state index contributed by atoms with van der Waals surface area (Å²) in [4.78, 5) is 23.7. The Hall–Kier alpha value is -2.89. The van der Waals surface area contributed by atoms with Crippen LogP contribution in [-0.2, 0) is 17.9 Å². The van der Waals surface area contributed by atoms with Gasteiger partial charge in [-0.1, -0.05) is 0 Å². The third-order valence-electron chi connectivity index (χ3n) is 3.29. The fraction of sp³-hybridized carbons (Fsp3) is 0.125. The molecule has 0 atom stereocenters. The number of carbonyl (C=O) groups excluding carboxylic acids is 1. The van der Waals surface area contributed by atoms with Crippen LogP contribution in [0.15, 0.2) is 58.1 Å². The number of nitrogens with one attached hydrogen (secondary N) is 1. The van der Waals surface area contributed by atoms with Crippen LogP contribution in [0, 0.1) is 5.82 Å². The van der Waals surface area contributed by atoms with E-state index in [-0.39, 0.29) is 23.3 Å². The first kappa shape index (κ1) is 14.1. The Kier molecular flexibility index (Phi) is 3.74. The predicted octanol–water partition coefficient (Wildman–Crippen LogP) is 2.05. The number of furan rings is 1. The highest BCUT2D eigenvalue weighted by atomic mass is 19.1. The number of fused-ring (bicyclic) bond motifs is 1. The third-order valence-corrected chi connectivity index (χ3v) is 3.29. The highest BCUT2D eigenvalue weighted by Gasteiger charge is 2.08. The topological polar surface area (TPSA) is 64.2 Å². The van der Waals surface area contributed by atoms with Crippen LogP contribution < -0.4 is 10.7 Å². The maximum absolute atomic E-state index is 13.3. The summed E-state index contributed by atoms with van der Waals surface area (Å²) < 4.78 is 20.0. The van der Waals surface area contributed by atoms with E-state index in [1.165, 1.54) is 36.7 Å². The van der Waals surface area contributed by atoms with Gasteiger partial charge in [0.05, 0.1) is 18.3 Å². The smallest absolute Gasteiger partial charge is 0.240 e. The summed E-state index contributed by atoms with van der Waals surface area (Å²) in [5.74, 6) is -0.0597. The molecule has 6 heteroatoms. The number of amides is 1. The van der Waals surface area contributed by atoms with E-state index in [1.807, 2.05) is 0 Å². The third kappa shape index (κ3) is 2.90. The van der Waals surface area contributed by atoms with E-state index < -0.39 is 5.82 Å². The number of benzene rings is 1. The van der Waals surface area contributed by atoms with Crippen molar-refractivity contribution in [3.8, 4) is 0 Å². The average molecular weight is 300 g/mol. The van der Waals surface area contributed by atoms with Crippen LogP contribution in [0.3, 0.4) is 0 Å². The van der Waals surface area contributed by atoms with Crippen molar-refractivity contribution >= 4 is 16.8 Å². The summed E-state index contributed by atoms with van der Waals surface area (Å²) in [6.07, 6.45) is 3.06. The van der Waals surface area contributed by atoms with Gasteiger partial charge in [-0.2, -0.15) is 0 Å². The Morgan fingerprint density at radius 1 is 1.27 bits per heavy atom. The molecule has 0 aliphatic carbocycles. The van der Waals surface area contributed by atoms with Gasteiger partial charge in [-0.05, 0) is 30.3 Å². The monoisotopic (exact) mass is 300 g/mol. The number of pyridine rings is 1. The Morgan fingerprint density at radius 2 is 2.14 bits per heavy atom. The molecule has 1 aromatic carbocycles. The van der Waals surface area contributed by atoms with E-state index in [1.54, 1.807) is 16.7 Å². The standard InChI is InChI=1S/C16H13FN2O3/c17-11-3-4-14-13(8-11)15(20)5-6-19(14)10-16(21)18-9-12-2-1-7-22-12/h1-8H,9-10H2,(H,18,21). The van der Waals surface area contributed by atoms with E-state index in [2.05, 4.69) is 5.32 Å². The minimum Gasteiger partial charge on any atom is -0.467 e. The number of aromatic nitrogens is 1. The van der Waals surface area contributed by atoms with Gasteiger partial charge in [-0.15, -0.1) is 0 Å². The number of nitrogens with zero attached hydrogens (tertiary/aromatic N) is 1. The van der Waals surface area contributed by atoms with Gasteiger partial charge in [0.15, 0.2) is 5.43 Å². The van der Waals surface area contributed by atoms with Crippen molar-refractivity contribution in [3.63, 3.8) is 0 Å². The highest BCUT2D eigenvalue weighted by Crippen LogP contribution is 2.12. The van der Waals surface area contributed by atoms with Crippen molar-refractivity contribution < 1.29 is 13.6 Å². The van der Waals surface area contributed by atoms with Crippen molar-refractivity contribution in [2.75, 3.05) is 0 Å². The van der Waals surface area contributed by atoms with E-state index in [4.69, 9.17) is 4.42 Å². The molecular weight excluding hydrogens is 287 g/mol. The number of halogens is 1. The largest absolute Gasteiger partial charge is 0.467 e. The lowest BCUT2D eigenvalue weighted by atomic mass is 10.2. The van der Waals surface area contributed by atoms with Crippen molar-refractivity contribution in [1.29, 1.82) is 0 Å². The van der Waals surface area contributed by atoms with Gasteiger partial charge in [0, 0.05) is 17.6 Å². The molecule has 1 N–H and O–H groups in total. The molecule has 0 radical (unpaired) electrons. The molecule has 0 unspecified atom stereocenters. The molecule has 5 nitrogen and oxygen atoms in total. The van der Waals surface area contributed by atoms with Gasteiger partial charge in [-0.25, -0.2) is 4.39 Å². The van der Waals surface area contributed by atoms with Gasteiger partial charge in [0.1, 0.15) is 18.1 Å². The zero-order valence-electron chi connectivity index (χ0n) is 11.6. The van der Waals surface area contributed by atoms with Crippen LogP contribution >= 0.6 is 0 Å². The molecule has 112 valence electrons. The molecular formula is C16H13FN2O3. The molecule has 2 aromatic heterocycles. The van der Waals surface area contributed by atoms with Gasteiger partial charge >= 0.3 is 0 Å². The predicted molar refractivity (Wildman–Crippen MR) is 78.7 cm³/mol. The summed E-state index contributed by atoms with van der Waals surface area (Å²) in [6.45, 7) is 0.321. The maximum Gasteiger partial charge on any atom is 0.240 e. The van der Waals surface area contributed by atoms with Gasteiger partial charge in [-0.3, -0.25) is 9.59 Å². The lowest BCUT2D eigenvalue weighted by molar-refractivity contribution is -0.121. The van der Waals surface area contributed by atoms with E-state index in [0.29, 0.717) is 17.8 Å². The second-order valence-corrected chi connectivity index (χ2v) is 4.83. The van der Waals surface area contributed by atoms with Gasteiger partial charge in [0.2, 0.25) is 5.91 Å². The number of hydrogen-bond donors (Lipinski definition) is 1. The van der Waals surface area contributed by atoms with Crippen LogP contribution in [0.4, 0.5) is 4.39 Å². The first-order valence-electron chi connectivity index (χ1n) is 6.71. The normalized spacial score (nSPS) is 10.8. The van der Waals surface area contributed by atoms with Crippen LogP contribution in [0.25, 0.3) is 10.9 Å². The quantitative estimate of drug-likeness (QED) is 0.802. The highest BCUT2D eigenvalue weighted by molar-refractivity contribution is 5.82. The van der Waals surface area contributed by atoms with Crippen molar-refractivity contribution in [2.24, 2.45) is 0 Å². The van der Waals surface area contributed by atoms with E-state index in [9.17, 15) is 14.0 Å². The zero-order valence-corrected chi connectivity index (χ0v) is 11.6. The maximum atomic E-state index is 13.3. The molecule has 0 saturated carbocycles. The molecule has 22 heavy (non-hydrogen) atoms. The summed E-state index contributed by atoms with van der Waals surface area (Å²) in [7, 11) is 0. The summed E-state index contributed by atoms with van der Waals surface area (Å²) >= 11 is 0. The first-order chi connectivity index (χ1) is 10.6. The van der Waals surface area contributed by atoms with E-state index in [0.717, 1.165) is 0 Å². The van der Waals surface area contributed by atoms with Crippen molar-refractivity contribution in [3.05, 3.63) is 70.7 Å². The van der Waals surface area contributed by atoms with Crippen molar-refractivity contribution in [2.45, 2.75) is 13.1 Å². The van der Waals surface area contributed by atoms with E-state index >= 15 is 0 Å². The summed E-state index contributed by atoms with van der Waals surface area (Å²) in [5.41, 5.74) is 0.240. The Bertz CT molecular complexity index is 869. The van der Waals surface area contributed by atoms with Gasteiger partial charge < -0.3 is 14.3 Å². The fourth-order valence-corrected chi connectivity index (χ4v) is 2.23. The Balaban J connectivity index is 1.80. The molecule has 3 rings (SSSR count). The number of carbonyl (C=O) groups is 1. The van der Waals surface area contributed by atoms with Crippen LogP contribution in [-0.4, -0.2) is 10.5 Å². The minimum absolute atomic E-state index is 0.0309. The SMILES string of the molecule is O=C(Cn1ccc(=O)c2cc(F)ccc21)NCc1ccco1. The molecule has 0 spiro atoms. The molecule has 0 aliphatic rings. The van der Waals surface area contributed by atoms with Crippen LogP contribution in [0.5, 0.6) is 0 Å². The van der Waals surface area contributed by atoms with Crippen molar-refractivity contribution in [1.82, 2.24) is 9.88 Å². The van der Waals surface area contributed by atoms with Crippen LogP contribution in [0.1, 0.15) is 5.76 Å². The molecule has 0 fully saturated rings. The molecule has 2 heterocycles. The molecule has 0 saturated heterocycles.